The number of quaternary nitrogens is 1. The topological polar surface area (TPSA) is 3.24 Å². The summed E-state index contributed by atoms with van der Waals surface area (Å²) in [5.41, 5.74) is 2.79. The van der Waals surface area contributed by atoms with Crippen molar-refractivity contribution in [2.24, 2.45) is 0 Å². The summed E-state index contributed by atoms with van der Waals surface area (Å²) in [5.74, 6) is 0. The van der Waals surface area contributed by atoms with Crippen LogP contribution in [0.15, 0.2) is 24.3 Å². The SMILES string of the molecule is CN(C)Cc1ccc(C[N+](C)(C)C)cc1. The van der Waals surface area contributed by atoms with E-state index in [4.69, 9.17) is 0 Å². The highest BCUT2D eigenvalue weighted by molar-refractivity contribution is 5.21. The highest BCUT2D eigenvalue weighted by Gasteiger charge is 2.07. The van der Waals surface area contributed by atoms with Crippen LogP contribution in [-0.4, -0.2) is 44.6 Å². The first-order valence-corrected chi connectivity index (χ1v) is 5.40. The van der Waals surface area contributed by atoms with Crippen molar-refractivity contribution in [1.29, 1.82) is 0 Å². The summed E-state index contributed by atoms with van der Waals surface area (Å²) < 4.78 is 0.979. The maximum absolute atomic E-state index is 2.24. The van der Waals surface area contributed by atoms with Crippen molar-refractivity contribution in [3.05, 3.63) is 35.4 Å². The largest absolute Gasteiger partial charge is 0.327 e. The normalized spacial score (nSPS) is 12.1. The van der Waals surface area contributed by atoms with Gasteiger partial charge in [-0.2, -0.15) is 0 Å². The van der Waals surface area contributed by atoms with E-state index in [1.165, 1.54) is 11.1 Å². The highest BCUT2D eigenvalue weighted by Crippen LogP contribution is 2.09. The Morgan fingerprint density at radius 2 is 1.40 bits per heavy atom. The lowest BCUT2D eigenvalue weighted by molar-refractivity contribution is -0.884. The molecular weight excluding hydrogens is 184 g/mol. The molecule has 0 aromatic heterocycles. The molecule has 1 aromatic carbocycles. The lowest BCUT2D eigenvalue weighted by Gasteiger charge is -2.24. The minimum Gasteiger partial charge on any atom is -0.327 e. The van der Waals surface area contributed by atoms with E-state index in [0.29, 0.717) is 0 Å². The van der Waals surface area contributed by atoms with Crippen molar-refractivity contribution in [3.63, 3.8) is 0 Å². The Morgan fingerprint density at radius 3 is 1.80 bits per heavy atom. The van der Waals surface area contributed by atoms with Crippen LogP contribution in [0.4, 0.5) is 0 Å². The van der Waals surface area contributed by atoms with Crippen LogP contribution >= 0.6 is 0 Å². The van der Waals surface area contributed by atoms with E-state index in [1.807, 2.05) is 0 Å². The Labute approximate surface area is 93.7 Å². The third-order valence-electron chi connectivity index (χ3n) is 2.18. The van der Waals surface area contributed by atoms with Crippen molar-refractivity contribution in [2.75, 3.05) is 35.2 Å². The summed E-state index contributed by atoms with van der Waals surface area (Å²) in [5, 5.41) is 0. The average Bonchev–Trinajstić information content (AvgIpc) is 2.05. The Kier molecular flexibility index (Phi) is 3.89. The van der Waals surface area contributed by atoms with Crippen molar-refractivity contribution < 1.29 is 4.48 Å². The quantitative estimate of drug-likeness (QED) is 0.682. The van der Waals surface area contributed by atoms with Crippen molar-refractivity contribution in [3.8, 4) is 0 Å². The molecule has 15 heavy (non-hydrogen) atoms. The van der Waals surface area contributed by atoms with E-state index in [2.05, 4.69) is 64.4 Å². The van der Waals surface area contributed by atoms with Gasteiger partial charge in [0.25, 0.3) is 0 Å². The molecular formula is C13H23N2+. The molecule has 0 unspecified atom stereocenters. The maximum atomic E-state index is 2.24. The van der Waals surface area contributed by atoms with Crippen LogP contribution in [0, 0.1) is 0 Å². The third kappa shape index (κ3) is 4.96. The summed E-state index contributed by atoms with van der Waals surface area (Å²) >= 11 is 0. The fourth-order valence-electron chi connectivity index (χ4n) is 1.66. The van der Waals surface area contributed by atoms with Crippen LogP contribution in [0.5, 0.6) is 0 Å². The fourth-order valence-corrected chi connectivity index (χ4v) is 1.66. The zero-order chi connectivity index (χ0) is 11.5. The minimum absolute atomic E-state index is 0.979. The molecule has 84 valence electrons. The molecule has 0 saturated carbocycles. The predicted molar refractivity (Wildman–Crippen MR) is 65.6 cm³/mol. The first-order chi connectivity index (χ1) is 6.87. The van der Waals surface area contributed by atoms with Gasteiger partial charge >= 0.3 is 0 Å². The smallest absolute Gasteiger partial charge is 0.104 e. The van der Waals surface area contributed by atoms with Crippen molar-refractivity contribution in [2.45, 2.75) is 13.1 Å². The maximum Gasteiger partial charge on any atom is 0.104 e. The van der Waals surface area contributed by atoms with Gasteiger partial charge in [0.05, 0.1) is 21.1 Å². The van der Waals surface area contributed by atoms with E-state index < -0.39 is 0 Å². The molecule has 0 aliphatic carbocycles. The molecule has 0 bridgehead atoms. The van der Waals surface area contributed by atoms with Gasteiger partial charge in [-0.05, 0) is 19.7 Å². The van der Waals surface area contributed by atoms with Gasteiger partial charge < -0.3 is 9.38 Å². The zero-order valence-corrected chi connectivity index (χ0v) is 10.6. The number of benzene rings is 1. The molecule has 0 heterocycles. The molecule has 0 aliphatic heterocycles. The molecule has 0 N–H and O–H groups in total. The van der Waals surface area contributed by atoms with Crippen LogP contribution in [0.1, 0.15) is 11.1 Å². The van der Waals surface area contributed by atoms with Gasteiger partial charge in [0, 0.05) is 12.1 Å². The summed E-state index contributed by atoms with van der Waals surface area (Å²) in [6.07, 6.45) is 0. The Bertz CT molecular complexity index is 293. The summed E-state index contributed by atoms with van der Waals surface area (Å²) in [7, 11) is 10.8. The van der Waals surface area contributed by atoms with E-state index in [9.17, 15) is 0 Å². The second-order valence-corrected chi connectivity index (χ2v) is 5.50. The number of hydrogen-bond donors (Lipinski definition) is 0. The van der Waals surface area contributed by atoms with Gasteiger partial charge in [0.15, 0.2) is 0 Å². The summed E-state index contributed by atoms with van der Waals surface area (Å²) in [4.78, 5) is 2.19. The van der Waals surface area contributed by atoms with Gasteiger partial charge in [-0.25, -0.2) is 0 Å². The third-order valence-corrected chi connectivity index (χ3v) is 2.18. The van der Waals surface area contributed by atoms with Crippen molar-refractivity contribution in [1.82, 2.24) is 4.90 Å². The fraction of sp³-hybridized carbons (Fsp3) is 0.538. The Balaban J connectivity index is 2.64. The predicted octanol–water partition coefficient (Wildman–Crippen LogP) is 1.95. The van der Waals surface area contributed by atoms with E-state index in [1.54, 1.807) is 0 Å². The average molecular weight is 207 g/mol. The van der Waals surface area contributed by atoms with E-state index in [-0.39, 0.29) is 0 Å². The minimum atomic E-state index is 0.979. The lowest BCUT2D eigenvalue weighted by Crippen LogP contribution is -2.33. The van der Waals surface area contributed by atoms with Crippen LogP contribution in [0.25, 0.3) is 0 Å². The Morgan fingerprint density at radius 1 is 0.933 bits per heavy atom. The van der Waals surface area contributed by atoms with Crippen LogP contribution in [-0.2, 0) is 13.1 Å². The molecule has 0 atom stereocenters. The van der Waals surface area contributed by atoms with Gasteiger partial charge in [-0.1, -0.05) is 24.3 Å². The summed E-state index contributed by atoms with van der Waals surface area (Å²) in [6, 6.07) is 8.93. The first-order valence-electron chi connectivity index (χ1n) is 5.40. The highest BCUT2D eigenvalue weighted by atomic mass is 15.3. The van der Waals surface area contributed by atoms with Crippen molar-refractivity contribution >= 4 is 0 Å². The van der Waals surface area contributed by atoms with Gasteiger partial charge in [0.1, 0.15) is 6.54 Å². The van der Waals surface area contributed by atoms with Crippen LogP contribution in [0.3, 0.4) is 0 Å². The number of hydrogen-bond acceptors (Lipinski definition) is 1. The molecule has 1 aromatic rings. The standard InChI is InChI=1S/C13H23N2/c1-14(2)10-12-6-8-13(9-7-12)11-15(3,4)5/h6-9H,10-11H2,1-5H3/q+1. The lowest BCUT2D eigenvalue weighted by atomic mass is 10.1. The molecule has 1 rings (SSSR count). The first kappa shape index (κ1) is 12.2. The molecule has 0 fully saturated rings. The second kappa shape index (κ2) is 4.77. The second-order valence-electron chi connectivity index (χ2n) is 5.50. The molecule has 0 amide bonds. The molecule has 0 radical (unpaired) electrons. The molecule has 0 spiro atoms. The van der Waals surface area contributed by atoms with Gasteiger partial charge in [0.2, 0.25) is 0 Å². The Hall–Kier alpha value is -0.860. The number of nitrogens with zero attached hydrogens (tertiary/aromatic N) is 2. The van der Waals surface area contributed by atoms with Gasteiger partial charge in [-0.15, -0.1) is 0 Å². The number of rotatable bonds is 4. The molecule has 2 nitrogen and oxygen atoms in total. The van der Waals surface area contributed by atoms with E-state index in [0.717, 1.165) is 17.6 Å². The van der Waals surface area contributed by atoms with E-state index >= 15 is 0 Å². The monoisotopic (exact) mass is 207 g/mol. The molecule has 0 saturated heterocycles. The van der Waals surface area contributed by atoms with Crippen LogP contribution in [0.2, 0.25) is 0 Å². The molecule has 2 heteroatoms. The van der Waals surface area contributed by atoms with Crippen LogP contribution < -0.4 is 0 Å². The zero-order valence-electron chi connectivity index (χ0n) is 10.6. The summed E-state index contributed by atoms with van der Waals surface area (Å²) in [6.45, 7) is 2.10. The van der Waals surface area contributed by atoms with Gasteiger partial charge in [-0.3, -0.25) is 0 Å². The molecule has 0 aliphatic rings.